The van der Waals surface area contributed by atoms with E-state index in [4.69, 9.17) is 9.47 Å². The van der Waals surface area contributed by atoms with Crippen LogP contribution in [0.3, 0.4) is 0 Å². The molecule has 6 nitrogen and oxygen atoms in total. The third-order valence-electron chi connectivity index (χ3n) is 2.88. The van der Waals surface area contributed by atoms with E-state index < -0.39 is 5.97 Å². The number of rotatable bonds is 3. The quantitative estimate of drug-likeness (QED) is 0.692. The SMILES string of the molecule is COC(=O)c1ccc2nnc(-c3sccc3OC)n2c1. The molecule has 0 fully saturated rings. The van der Waals surface area contributed by atoms with E-state index in [0.717, 1.165) is 10.6 Å². The van der Waals surface area contributed by atoms with Crippen molar-refractivity contribution in [2.75, 3.05) is 14.2 Å². The van der Waals surface area contributed by atoms with Crippen LogP contribution in [0.1, 0.15) is 10.4 Å². The molecule has 0 atom stereocenters. The van der Waals surface area contributed by atoms with Crippen LogP contribution in [0.25, 0.3) is 16.3 Å². The molecule has 0 bridgehead atoms. The normalized spacial score (nSPS) is 10.7. The highest BCUT2D eigenvalue weighted by Gasteiger charge is 2.16. The van der Waals surface area contributed by atoms with E-state index in [2.05, 4.69) is 10.2 Å². The first-order chi connectivity index (χ1) is 9.74. The Balaban J connectivity index is 2.19. The van der Waals surface area contributed by atoms with Gasteiger partial charge < -0.3 is 9.47 Å². The number of ether oxygens (including phenoxy) is 2. The lowest BCUT2D eigenvalue weighted by atomic mass is 10.3. The Morgan fingerprint density at radius 2 is 2.10 bits per heavy atom. The predicted octanol–water partition coefficient (Wildman–Crippen LogP) is 2.25. The maximum Gasteiger partial charge on any atom is 0.339 e. The van der Waals surface area contributed by atoms with E-state index >= 15 is 0 Å². The lowest BCUT2D eigenvalue weighted by Crippen LogP contribution is -2.03. The third kappa shape index (κ3) is 1.92. The number of pyridine rings is 1. The summed E-state index contributed by atoms with van der Waals surface area (Å²) < 4.78 is 11.8. The molecule has 0 aliphatic rings. The Morgan fingerprint density at radius 1 is 1.25 bits per heavy atom. The molecule has 102 valence electrons. The number of hydrogen-bond acceptors (Lipinski definition) is 6. The Hall–Kier alpha value is -2.41. The van der Waals surface area contributed by atoms with Gasteiger partial charge in [-0.3, -0.25) is 4.40 Å². The van der Waals surface area contributed by atoms with Gasteiger partial charge in [0.15, 0.2) is 11.5 Å². The Kier molecular flexibility index (Phi) is 3.11. The van der Waals surface area contributed by atoms with Gasteiger partial charge in [0.25, 0.3) is 0 Å². The molecule has 0 radical (unpaired) electrons. The monoisotopic (exact) mass is 289 g/mol. The lowest BCUT2D eigenvalue weighted by molar-refractivity contribution is 0.0600. The summed E-state index contributed by atoms with van der Waals surface area (Å²) in [6, 6.07) is 5.25. The average Bonchev–Trinajstić information content (AvgIpc) is 3.11. The second-order valence-electron chi connectivity index (χ2n) is 3.98. The first-order valence-corrected chi connectivity index (χ1v) is 6.67. The standard InChI is InChI=1S/C13H11N3O3S/c1-18-9-5-6-20-11(9)12-15-14-10-4-3-8(7-16(10)12)13(17)19-2/h3-7H,1-2H3. The summed E-state index contributed by atoms with van der Waals surface area (Å²) in [4.78, 5) is 12.5. The number of aromatic nitrogens is 3. The average molecular weight is 289 g/mol. The fourth-order valence-electron chi connectivity index (χ4n) is 1.91. The van der Waals surface area contributed by atoms with E-state index in [0.29, 0.717) is 17.0 Å². The zero-order valence-electron chi connectivity index (χ0n) is 10.9. The molecule has 0 N–H and O–H groups in total. The number of hydrogen-bond donors (Lipinski definition) is 0. The predicted molar refractivity (Wildman–Crippen MR) is 74.2 cm³/mol. The highest BCUT2D eigenvalue weighted by atomic mass is 32.1. The van der Waals surface area contributed by atoms with Crippen molar-refractivity contribution in [2.24, 2.45) is 0 Å². The summed E-state index contributed by atoms with van der Waals surface area (Å²) >= 11 is 1.50. The zero-order valence-corrected chi connectivity index (χ0v) is 11.7. The van der Waals surface area contributed by atoms with Crippen LogP contribution in [-0.4, -0.2) is 34.8 Å². The van der Waals surface area contributed by atoms with Gasteiger partial charge in [-0.25, -0.2) is 4.79 Å². The molecule has 0 aliphatic heterocycles. The van der Waals surface area contributed by atoms with Gasteiger partial charge in [0.1, 0.15) is 10.6 Å². The van der Waals surface area contributed by atoms with Gasteiger partial charge in [-0.05, 0) is 23.6 Å². The van der Waals surface area contributed by atoms with Crippen LogP contribution in [0, 0.1) is 0 Å². The fourth-order valence-corrected chi connectivity index (χ4v) is 2.75. The molecule has 0 amide bonds. The molecule has 0 saturated heterocycles. The number of nitrogens with zero attached hydrogens (tertiary/aromatic N) is 3. The van der Waals surface area contributed by atoms with E-state index in [1.165, 1.54) is 18.4 Å². The zero-order chi connectivity index (χ0) is 14.1. The topological polar surface area (TPSA) is 65.7 Å². The molecule has 0 saturated carbocycles. The van der Waals surface area contributed by atoms with Gasteiger partial charge in [0.05, 0.1) is 19.8 Å². The Labute approximate surface area is 118 Å². The number of methoxy groups -OCH3 is 2. The molecule has 20 heavy (non-hydrogen) atoms. The van der Waals surface area contributed by atoms with Crippen LogP contribution in [0.2, 0.25) is 0 Å². The van der Waals surface area contributed by atoms with Crippen molar-refractivity contribution < 1.29 is 14.3 Å². The van der Waals surface area contributed by atoms with Gasteiger partial charge in [-0.2, -0.15) is 0 Å². The molecule has 3 rings (SSSR count). The number of carbonyl (C=O) groups excluding carboxylic acids is 1. The summed E-state index contributed by atoms with van der Waals surface area (Å²) in [5, 5.41) is 10.2. The number of fused-ring (bicyclic) bond motifs is 1. The van der Waals surface area contributed by atoms with Crippen LogP contribution in [0.4, 0.5) is 0 Å². The first kappa shape index (κ1) is 12.6. The minimum atomic E-state index is -0.398. The van der Waals surface area contributed by atoms with Crippen molar-refractivity contribution in [3.05, 3.63) is 35.3 Å². The van der Waals surface area contributed by atoms with Crippen LogP contribution >= 0.6 is 11.3 Å². The smallest absolute Gasteiger partial charge is 0.339 e. The first-order valence-electron chi connectivity index (χ1n) is 5.79. The minimum absolute atomic E-state index is 0.398. The largest absolute Gasteiger partial charge is 0.495 e. The summed E-state index contributed by atoms with van der Waals surface area (Å²) in [5.41, 5.74) is 1.10. The van der Waals surface area contributed by atoms with E-state index in [9.17, 15) is 4.79 Å². The van der Waals surface area contributed by atoms with E-state index in [1.807, 2.05) is 11.4 Å². The van der Waals surface area contributed by atoms with Gasteiger partial charge in [0.2, 0.25) is 0 Å². The number of esters is 1. The van der Waals surface area contributed by atoms with Crippen molar-refractivity contribution in [3.63, 3.8) is 0 Å². The fraction of sp³-hybridized carbons (Fsp3) is 0.154. The maximum absolute atomic E-state index is 11.6. The molecule has 7 heteroatoms. The van der Waals surface area contributed by atoms with Crippen molar-refractivity contribution in [2.45, 2.75) is 0 Å². The van der Waals surface area contributed by atoms with Crippen molar-refractivity contribution in [1.82, 2.24) is 14.6 Å². The summed E-state index contributed by atoms with van der Waals surface area (Å²) in [6.45, 7) is 0. The minimum Gasteiger partial charge on any atom is -0.495 e. The molecule has 0 aromatic carbocycles. The molecule has 0 unspecified atom stereocenters. The van der Waals surface area contributed by atoms with E-state index in [1.54, 1.807) is 29.8 Å². The van der Waals surface area contributed by atoms with Gasteiger partial charge in [-0.15, -0.1) is 21.5 Å². The van der Waals surface area contributed by atoms with Crippen molar-refractivity contribution >= 4 is 23.0 Å². The van der Waals surface area contributed by atoms with Crippen LogP contribution < -0.4 is 4.74 Å². The summed E-state index contributed by atoms with van der Waals surface area (Å²) in [6.07, 6.45) is 1.66. The molecule has 0 aliphatic carbocycles. The molecule has 3 heterocycles. The second kappa shape index (κ2) is 4.93. The van der Waals surface area contributed by atoms with Gasteiger partial charge >= 0.3 is 5.97 Å². The molecule has 3 aromatic heterocycles. The van der Waals surface area contributed by atoms with Gasteiger partial charge in [0, 0.05) is 6.20 Å². The van der Waals surface area contributed by atoms with Gasteiger partial charge in [-0.1, -0.05) is 0 Å². The summed E-state index contributed by atoms with van der Waals surface area (Å²) in [5.74, 6) is 0.968. The van der Waals surface area contributed by atoms with Crippen molar-refractivity contribution in [3.8, 4) is 16.5 Å². The second-order valence-corrected chi connectivity index (χ2v) is 4.90. The van der Waals surface area contributed by atoms with E-state index in [-0.39, 0.29) is 0 Å². The van der Waals surface area contributed by atoms with Crippen molar-refractivity contribution in [1.29, 1.82) is 0 Å². The highest BCUT2D eigenvalue weighted by molar-refractivity contribution is 7.13. The van der Waals surface area contributed by atoms with Crippen LogP contribution in [0.5, 0.6) is 5.75 Å². The molecular weight excluding hydrogens is 278 g/mol. The Morgan fingerprint density at radius 3 is 2.85 bits per heavy atom. The third-order valence-corrected chi connectivity index (χ3v) is 3.77. The maximum atomic E-state index is 11.6. The number of carbonyl (C=O) groups is 1. The highest BCUT2D eigenvalue weighted by Crippen LogP contribution is 2.34. The molecule has 0 spiro atoms. The van der Waals surface area contributed by atoms with Crippen LogP contribution in [-0.2, 0) is 4.74 Å². The lowest BCUT2D eigenvalue weighted by Gasteiger charge is -2.03. The Bertz CT molecular complexity index is 778. The molecular formula is C13H11N3O3S. The van der Waals surface area contributed by atoms with Crippen LogP contribution in [0.15, 0.2) is 29.8 Å². The molecule has 3 aromatic rings. The summed E-state index contributed by atoms with van der Waals surface area (Å²) in [7, 11) is 2.95. The number of thiophene rings is 1.